The predicted octanol–water partition coefficient (Wildman–Crippen LogP) is 2.10. The highest BCUT2D eigenvalue weighted by molar-refractivity contribution is 5.78. The Hall–Kier alpha value is -2.44. The fourth-order valence-corrected chi connectivity index (χ4v) is 4.17. The molecular weight excluding hydrogens is 335 g/mol. The van der Waals surface area contributed by atoms with E-state index in [0.29, 0.717) is 42.2 Å². The zero-order valence-electron chi connectivity index (χ0n) is 14.9. The van der Waals surface area contributed by atoms with E-state index in [1.54, 1.807) is 13.0 Å². The summed E-state index contributed by atoms with van der Waals surface area (Å²) >= 11 is 0. The number of H-pyrrole nitrogens is 1. The van der Waals surface area contributed by atoms with E-state index in [2.05, 4.69) is 9.97 Å². The van der Waals surface area contributed by atoms with Crippen LogP contribution in [0.15, 0.2) is 18.2 Å². The molecule has 26 heavy (non-hydrogen) atoms. The lowest BCUT2D eigenvalue weighted by Crippen LogP contribution is -2.47. The number of rotatable bonds is 3. The SMILES string of the molecule is CC(=O)N1C[C@@H]2CC[C@H](C1)N(C(=O)CCc1nc3ccc(F)cc3[nH]1)C2. The first-order valence-electron chi connectivity index (χ1n) is 9.18. The molecule has 2 amide bonds. The van der Waals surface area contributed by atoms with Crippen LogP contribution in [0.5, 0.6) is 0 Å². The standard InChI is InChI=1S/C19H23FN4O2/c1-12(25)23-9-13-2-4-15(11-23)24(10-13)19(26)7-6-18-21-16-5-3-14(20)8-17(16)22-18/h3,5,8,13,15H,2,4,6-7,9-11H2,1H3,(H,21,22)/t13-,15+/m0/s1. The van der Waals surface area contributed by atoms with Gasteiger partial charge in [0.15, 0.2) is 0 Å². The number of carbonyl (C=O) groups excluding carboxylic acids is 2. The highest BCUT2D eigenvalue weighted by Crippen LogP contribution is 2.28. The van der Waals surface area contributed by atoms with E-state index < -0.39 is 0 Å². The van der Waals surface area contributed by atoms with Crippen molar-refractivity contribution in [2.75, 3.05) is 19.6 Å². The second-order valence-corrected chi connectivity index (χ2v) is 7.41. The van der Waals surface area contributed by atoms with Gasteiger partial charge in [-0.15, -0.1) is 0 Å². The lowest BCUT2D eigenvalue weighted by molar-refractivity contribution is -0.136. The molecule has 2 atom stereocenters. The van der Waals surface area contributed by atoms with Crippen molar-refractivity contribution in [2.45, 2.75) is 38.6 Å². The van der Waals surface area contributed by atoms with Gasteiger partial charge in [0.2, 0.25) is 11.8 Å². The van der Waals surface area contributed by atoms with Crippen LogP contribution in [0.4, 0.5) is 4.39 Å². The fraction of sp³-hybridized carbons (Fsp3) is 0.526. The summed E-state index contributed by atoms with van der Waals surface area (Å²) in [5.41, 5.74) is 1.36. The zero-order valence-corrected chi connectivity index (χ0v) is 14.9. The Morgan fingerprint density at radius 3 is 2.92 bits per heavy atom. The van der Waals surface area contributed by atoms with E-state index in [1.807, 2.05) is 9.80 Å². The number of fused-ring (bicyclic) bond motifs is 5. The second kappa shape index (κ2) is 6.70. The summed E-state index contributed by atoms with van der Waals surface area (Å²) in [5, 5.41) is 0. The highest BCUT2D eigenvalue weighted by Gasteiger charge is 2.37. The second-order valence-electron chi connectivity index (χ2n) is 7.41. The Bertz CT molecular complexity index is 849. The van der Waals surface area contributed by atoms with Crippen LogP contribution in [0.1, 0.15) is 32.0 Å². The number of imidazole rings is 1. The first-order chi connectivity index (χ1) is 12.5. The van der Waals surface area contributed by atoms with Crippen molar-refractivity contribution < 1.29 is 14.0 Å². The Labute approximate surface area is 151 Å². The number of carbonyl (C=O) groups is 2. The van der Waals surface area contributed by atoms with Crippen LogP contribution in [0.2, 0.25) is 0 Å². The van der Waals surface area contributed by atoms with E-state index in [0.717, 1.165) is 25.9 Å². The van der Waals surface area contributed by atoms with Crippen molar-refractivity contribution in [1.29, 1.82) is 0 Å². The zero-order chi connectivity index (χ0) is 18.3. The number of piperidine rings is 1. The van der Waals surface area contributed by atoms with Gasteiger partial charge < -0.3 is 14.8 Å². The molecule has 6 nitrogen and oxygen atoms in total. The predicted molar refractivity (Wildman–Crippen MR) is 94.9 cm³/mol. The maximum atomic E-state index is 13.3. The van der Waals surface area contributed by atoms with Crippen molar-refractivity contribution >= 4 is 22.8 Å². The number of benzene rings is 1. The van der Waals surface area contributed by atoms with Crippen molar-refractivity contribution in [3.05, 3.63) is 29.8 Å². The summed E-state index contributed by atoms with van der Waals surface area (Å²) in [6.07, 6.45) is 2.91. The Balaban J connectivity index is 1.42. The summed E-state index contributed by atoms with van der Waals surface area (Å²) in [5.74, 6) is 0.960. The molecule has 0 radical (unpaired) electrons. The Morgan fingerprint density at radius 1 is 1.27 bits per heavy atom. The molecule has 3 fully saturated rings. The summed E-state index contributed by atoms with van der Waals surface area (Å²) in [4.78, 5) is 35.9. The van der Waals surface area contributed by atoms with Crippen molar-refractivity contribution in [1.82, 2.24) is 19.8 Å². The van der Waals surface area contributed by atoms with Crippen LogP contribution in [0.3, 0.4) is 0 Å². The van der Waals surface area contributed by atoms with Gasteiger partial charge in [0.25, 0.3) is 0 Å². The van der Waals surface area contributed by atoms with E-state index in [1.165, 1.54) is 12.1 Å². The molecule has 1 aromatic carbocycles. The molecule has 138 valence electrons. The minimum Gasteiger partial charge on any atom is -0.342 e. The molecule has 2 aromatic rings. The Kier molecular flexibility index (Phi) is 4.38. The number of nitrogens with zero attached hydrogens (tertiary/aromatic N) is 3. The molecular formula is C19H23FN4O2. The van der Waals surface area contributed by atoms with Gasteiger partial charge in [0.1, 0.15) is 11.6 Å². The van der Waals surface area contributed by atoms with Crippen molar-refractivity contribution in [2.24, 2.45) is 5.92 Å². The van der Waals surface area contributed by atoms with Crippen LogP contribution >= 0.6 is 0 Å². The van der Waals surface area contributed by atoms with Gasteiger partial charge in [-0.1, -0.05) is 0 Å². The smallest absolute Gasteiger partial charge is 0.223 e. The summed E-state index contributed by atoms with van der Waals surface area (Å²) in [7, 11) is 0. The van der Waals surface area contributed by atoms with Gasteiger partial charge in [0.05, 0.1) is 11.0 Å². The third-order valence-corrected chi connectivity index (χ3v) is 5.55. The number of hydrogen-bond acceptors (Lipinski definition) is 3. The van der Waals surface area contributed by atoms with Crippen molar-refractivity contribution in [3.63, 3.8) is 0 Å². The van der Waals surface area contributed by atoms with Gasteiger partial charge in [-0.05, 0) is 37.0 Å². The average Bonchev–Trinajstić information content (AvgIpc) is 2.78. The molecule has 0 spiro atoms. The van der Waals surface area contributed by atoms with E-state index >= 15 is 0 Å². The monoisotopic (exact) mass is 358 g/mol. The molecule has 2 bridgehead atoms. The van der Waals surface area contributed by atoms with E-state index in [-0.39, 0.29) is 23.7 Å². The number of aromatic nitrogens is 2. The number of halogens is 1. The molecule has 4 heterocycles. The molecule has 0 unspecified atom stereocenters. The molecule has 3 aliphatic heterocycles. The number of aryl methyl sites for hydroxylation is 1. The van der Waals surface area contributed by atoms with Crippen molar-refractivity contribution in [3.8, 4) is 0 Å². The molecule has 1 N–H and O–H groups in total. The summed E-state index contributed by atoms with van der Waals surface area (Å²) < 4.78 is 13.3. The average molecular weight is 358 g/mol. The van der Waals surface area contributed by atoms with Gasteiger partial charge in [-0.2, -0.15) is 0 Å². The molecule has 1 aromatic heterocycles. The minimum atomic E-state index is -0.306. The van der Waals surface area contributed by atoms with Crippen LogP contribution in [-0.2, 0) is 16.0 Å². The van der Waals surface area contributed by atoms with Crippen LogP contribution in [-0.4, -0.2) is 57.3 Å². The number of hydrogen-bond donors (Lipinski definition) is 1. The normalized spacial score (nSPS) is 22.7. The first-order valence-corrected chi connectivity index (χ1v) is 9.18. The maximum Gasteiger partial charge on any atom is 0.223 e. The quantitative estimate of drug-likeness (QED) is 0.914. The lowest BCUT2D eigenvalue weighted by atomic mass is 9.94. The Morgan fingerprint density at radius 2 is 2.12 bits per heavy atom. The third kappa shape index (κ3) is 3.30. The molecule has 5 rings (SSSR count). The lowest BCUT2D eigenvalue weighted by Gasteiger charge is -2.36. The first kappa shape index (κ1) is 17.0. The molecule has 7 heteroatoms. The summed E-state index contributed by atoms with van der Waals surface area (Å²) in [6, 6.07) is 4.55. The molecule has 0 saturated carbocycles. The minimum absolute atomic E-state index is 0.0886. The van der Waals surface area contributed by atoms with Gasteiger partial charge in [-0.25, -0.2) is 9.37 Å². The number of aromatic amines is 1. The van der Waals surface area contributed by atoms with E-state index in [4.69, 9.17) is 0 Å². The van der Waals surface area contributed by atoms with Crippen LogP contribution < -0.4 is 0 Å². The number of nitrogens with one attached hydrogen (secondary N) is 1. The molecule has 0 aliphatic carbocycles. The van der Waals surface area contributed by atoms with Gasteiger partial charge >= 0.3 is 0 Å². The van der Waals surface area contributed by atoms with E-state index in [9.17, 15) is 14.0 Å². The van der Waals surface area contributed by atoms with Gasteiger partial charge in [0, 0.05) is 45.4 Å². The highest BCUT2D eigenvalue weighted by atomic mass is 19.1. The summed E-state index contributed by atoms with van der Waals surface area (Å²) in [6.45, 7) is 3.73. The fourth-order valence-electron chi connectivity index (χ4n) is 4.17. The molecule has 3 saturated heterocycles. The van der Waals surface area contributed by atoms with Crippen LogP contribution in [0, 0.1) is 11.7 Å². The topological polar surface area (TPSA) is 69.3 Å². The van der Waals surface area contributed by atoms with Crippen LogP contribution in [0.25, 0.3) is 11.0 Å². The van der Waals surface area contributed by atoms with Gasteiger partial charge in [-0.3, -0.25) is 9.59 Å². The maximum absolute atomic E-state index is 13.3. The third-order valence-electron chi connectivity index (χ3n) is 5.55. The number of amides is 2. The largest absolute Gasteiger partial charge is 0.342 e. The molecule has 3 aliphatic rings.